The first kappa shape index (κ1) is 21.6. The Morgan fingerprint density at radius 1 is 1.13 bits per heavy atom. The van der Waals surface area contributed by atoms with Crippen molar-refractivity contribution in [2.45, 2.75) is 6.42 Å². The Morgan fingerprint density at radius 3 is 2.50 bits per heavy atom. The van der Waals surface area contributed by atoms with E-state index >= 15 is 0 Å². The molecule has 3 aromatic carbocycles. The van der Waals surface area contributed by atoms with E-state index in [4.69, 9.17) is 16.3 Å². The van der Waals surface area contributed by atoms with Gasteiger partial charge in [0.25, 0.3) is 5.91 Å². The molecular weight excluding hydrogens is 464 g/mol. The van der Waals surface area contributed by atoms with E-state index in [1.807, 2.05) is 48.5 Å². The molecule has 0 radical (unpaired) electrons. The van der Waals surface area contributed by atoms with Gasteiger partial charge in [0.2, 0.25) is 0 Å². The van der Waals surface area contributed by atoms with Gasteiger partial charge in [-0.25, -0.2) is 0 Å². The maximum absolute atomic E-state index is 12.5. The number of benzene rings is 3. The minimum absolute atomic E-state index is 0.0107. The van der Waals surface area contributed by atoms with Crippen LogP contribution in [-0.2, 0) is 11.2 Å². The lowest BCUT2D eigenvalue weighted by atomic mass is 10.0. The average Bonchev–Trinajstić information content (AvgIpc) is 2.75. The number of ether oxygens (including phenoxy) is 1. The number of rotatable bonds is 6. The van der Waals surface area contributed by atoms with Gasteiger partial charge >= 0.3 is 0 Å². The highest BCUT2D eigenvalue weighted by molar-refractivity contribution is 9.10. The van der Waals surface area contributed by atoms with Crippen LogP contribution >= 0.6 is 27.5 Å². The molecule has 0 aliphatic rings. The topological polar surface area (TPSA) is 62.1 Å². The molecule has 0 spiro atoms. The van der Waals surface area contributed by atoms with E-state index in [0.717, 1.165) is 26.2 Å². The third-order valence-electron chi connectivity index (χ3n) is 4.44. The van der Waals surface area contributed by atoms with Crippen LogP contribution in [0.25, 0.3) is 6.08 Å². The van der Waals surface area contributed by atoms with Crippen molar-refractivity contribution in [2.24, 2.45) is 0 Å². The Hall–Kier alpha value is -3.07. The van der Waals surface area contributed by atoms with Gasteiger partial charge in [-0.05, 0) is 59.2 Å². The molecule has 0 aliphatic heterocycles. The number of nitrogens with zero attached hydrogens (tertiary/aromatic N) is 1. The van der Waals surface area contributed by atoms with Crippen molar-refractivity contribution < 1.29 is 9.53 Å². The third-order valence-corrected chi connectivity index (χ3v) is 5.55. The van der Waals surface area contributed by atoms with Gasteiger partial charge in [-0.2, -0.15) is 5.26 Å². The molecular formula is C24H18BrClN2O2. The molecule has 30 heavy (non-hydrogen) atoms. The molecule has 1 N–H and O–H groups in total. The number of nitrogens with one attached hydrogen (secondary N) is 1. The highest BCUT2D eigenvalue weighted by Gasteiger charge is 2.11. The molecule has 4 nitrogen and oxygen atoms in total. The number of anilines is 1. The Balaban J connectivity index is 1.76. The van der Waals surface area contributed by atoms with Crippen molar-refractivity contribution in [2.75, 3.05) is 12.4 Å². The summed E-state index contributed by atoms with van der Waals surface area (Å²) in [5, 5.41) is 12.9. The second kappa shape index (κ2) is 10.1. The van der Waals surface area contributed by atoms with Crippen LogP contribution in [0.1, 0.15) is 16.7 Å². The molecule has 0 fully saturated rings. The average molecular weight is 482 g/mol. The van der Waals surface area contributed by atoms with Crippen LogP contribution in [-0.4, -0.2) is 13.0 Å². The van der Waals surface area contributed by atoms with E-state index in [-0.39, 0.29) is 5.57 Å². The lowest BCUT2D eigenvalue weighted by Crippen LogP contribution is -2.13. The van der Waals surface area contributed by atoms with Crippen LogP contribution in [0.15, 0.2) is 76.8 Å². The number of hydrogen-bond acceptors (Lipinski definition) is 3. The number of amides is 1. The number of hydrogen-bond donors (Lipinski definition) is 1. The van der Waals surface area contributed by atoms with Crippen LogP contribution in [0.5, 0.6) is 5.75 Å². The monoisotopic (exact) mass is 480 g/mol. The minimum atomic E-state index is -0.473. The Kier molecular flexibility index (Phi) is 7.29. The lowest BCUT2D eigenvalue weighted by Gasteiger charge is -2.08. The second-order valence-corrected chi connectivity index (χ2v) is 7.73. The molecule has 150 valence electrons. The lowest BCUT2D eigenvalue weighted by molar-refractivity contribution is -0.112. The van der Waals surface area contributed by atoms with Gasteiger partial charge in [-0.3, -0.25) is 4.79 Å². The fraction of sp³-hybridized carbons (Fsp3) is 0.0833. The molecule has 0 saturated heterocycles. The Labute approximate surface area is 188 Å². The van der Waals surface area contributed by atoms with Gasteiger partial charge in [0.1, 0.15) is 17.4 Å². The summed E-state index contributed by atoms with van der Waals surface area (Å²) in [6.45, 7) is 0. The van der Waals surface area contributed by atoms with Crippen LogP contribution in [0, 0.1) is 11.3 Å². The molecule has 0 saturated carbocycles. The van der Waals surface area contributed by atoms with Crippen molar-refractivity contribution >= 4 is 45.2 Å². The first-order valence-electron chi connectivity index (χ1n) is 9.09. The van der Waals surface area contributed by atoms with Crippen LogP contribution in [0.3, 0.4) is 0 Å². The maximum atomic E-state index is 12.5. The molecule has 3 aromatic rings. The summed E-state index contributed by atoms with van der Waals surface area (Å²) in [5.41, 5.74) is 3.42. The molecule has 6 heteroatoms. The Bertz CT molecular complexity index is 1130. The molecule has 0 bridgehead atoms. The maximum Gasteiger partial charge on any atom is 0.266 e. The Morgan fingerprint density at radius 2 is 1.87 bits per heavy atom. The number of methoxy groups -OCH3 is 1. The van der Waals surface area contributed by atoms with Crippen molar-refractivity contribution in [3.05, 3.63) is 98.5 Å². The normalized spacial score (nSPS) is 10.9. The molecule has 0 aliphatic carbocycles. The van der Waals surface area contributed by atoms with Crippen molar-refractivity contribution in [3.8, 4) is 11.8 Å². The zero-order valence-electron chi connectivity index (χ0n) is 16.2. The first-order valence-corrected chi connectivity index (χ1v) is 10.3. The fourth-order valence-electron chi connectivity index (χ4n) is 2.83. The molecule has 1 amide bonds. The van der Waals surface area contributed by atoms with E-state index in [9.17, 15) is 10.1 Å². The van der Waals surface area contributed by atoms with E-state index in [1.165, 1.54) is 0 Å². The zero-order chi connectivity index (χ0) is 21.5. The predicted molar refractivity (Wildman–Crippen MR) is 124 cm³/mol. The highest BCUT2D eigenvalue weighted by Crippen LogP contribution is 2.26. The number of halogens is 2. The minimum Gasteiger partial charge on any atom is -0.497 e. The SMILES string of the molecule is COc1ccc(NC(=O)/C(C#N)=C/c2ccc(Cc3ccccc3Cl)c(Br)c2)cc1. The first-order chi connectivity index (χ1) is 14.5. The summed E-state index contributed by atoms with van der Waals surface area (Å²) < 4.78 is 5.98. The number of carbonyl (C=O) groups is 1. The number of nitriles is 1. The summed E-state index contributed by atoms with van der Waals surface area (Å²) in [7, 11) is 1.57. The van der Waals surface area contributed by atoms with Crippen LogP contribution in [0.2, 0.25) is 5.02 Å². The molecule has 0 atom stereocenters. The largest absolute Gasteiger partial charge is 0.497 e. The zero-order valence-corrected chi connectivity index (χ0v) is 18.5. The van der Waals surface area contributed by atoms with Gasteiger partial charge in [0, 0.05) is 21.6 Å². The molecule has 0 heterocycles. The molecule has 0 unspecified atom stereocenters. The summed E-state index contributed by atoms with van der Waals surface area (Å²) in [4.78, 5) is 12.5. The van der Waals surface area contributed by atoms with E-state index in [1.54, 1.807) is 37.5 Å². The smallest absolute Gasteiger partial charge is 0.266 e. The summed E-state index contributed by atoms with van der Waals surface area (Å²) in [5.74, 6) is 0.213. The molecule has 0 aromatic heterocycles. The van der Waals surface area contributed by atoms with Crippen LogP contribution < -0.4 is 10.1 Å². The van der Waals surface area contributed by atoms with Gasteiger partial charge in [0.15, 0.2) is 0 Å². The summed E-state index contributed by atoms with van der Waals surface area (Å²) >= 11 is 9.83. The van der Waals surface area contributed by atoms with E-state index < -0.39 is 5.91 Å². The van der Waals surface area contributed by atoms with Crippen molar-refractivity contribution in [1.82, 2.24) is 0 Å². The van der Waals surface area contributed by atoms with Gasteiger partial charge < -0.3 is 10.1 Å². The van der Waals surface area contributed by atoms with E-state index in [2.05, 4.69) is 21.2 Å². The highest BCUT2D eigenvalue weighted by atomic mass is 79.9. The number of carbonyl (C=O) groups excluding carboxylic acids is 1. The fourth-order valence-corrected chi connectivity index (χ4v) is 3.57. The second-order valence-electron chi connectivity index (χ2n) is 6.47. The summed E-state index contributed by atoms with van der Waals surface area (Å²) in [6, 6.07) is 22.3. The molecule has 3 rings (SSSR count). The van der Waals surface area contributed by atoms with Gasteiger partial charge in [-0.1, -0.05) is 57.9 Å². The third kappa shape index (κ3) is 5.50. The van der Waals surface area contributed by atoms with E-state index in [0.29, 0.717) is 17.9 Å². The van der Waals surface area contributed by atoms with Crippen molar-refractivity contribution in [1.29, 1.82) is 5.26 Å². The van der Waals surface area contributed by atoms with Crippen LogP contribution in [0.4, 0.5) is 5.69 Å². The van der Waals surface area contributed by atoms with Crippen molar-refractivity contribution in [3.63, 3.8) is 0 Å². The predicted octanol–water partition coefficient (Wildman–Crippen LogP) is 6.25. The van der Waals surface area contributed by atoms with Gasteiger partial charge in [0.05, 0.1) is 7.11 Å². The van der Waals surface area contributed by atoms with Gasteiger partial charge in [-0.15, -0.1) is 0 Å². The summed E-state index contributed by atoms with van der Waals surface area (Å²) in [6.07, 6.45) is 2.23. The quantitative estimate of drug-likeness (QED) is 0.334. The standard InChI is InChI=1S/C24H18BrClN2O2/c1-30-21-10-8-20(9-11-21)28-24(29)19(15-27)12-16-6-7-17(22(25)13-16)14-18-4-2-3-5-23(18)26/h2-13H,14H2,1H3,(H,28,29)/b19-12+.